The first kappa shape index (κ1) is 20.0. The molecule has 0 unspecified atom stereocenters. The Morgan fingerprint density at radius 2 is 1.25 bits per heavy atom. The molecule has 0 amide bonds. The van der Waals surface area contributed by atoms with Crippen LogP contribution in [0, 0.1) is 6.92 Å². The van der Waals surface area contributed by atoms with Crippen molar-refractivity contribution < 1.29 is 5.11 Å². The molecule has 156 valence electrons. The van der Waals surface area contributed by atoms with E-state index in [0.717, 1.165) is 38.9 Å². The summed E-state index contributed by atoms with van der Waals surface area (Å²) in [6.45, 7) is 2.09. The topological polar surface area (TPSA) is 36.0 Å². The van der Waals surface area contributed by atoms with Crippen molar-refractivity contribution in [3.05, 3.63) is 143 Å². The highest BCUT2D eigenvalue weighted by Gasteiger charge is 2.37. The Morgan fingerprint density at radius 3 is 1.84 bits per heavy atom. The molecule has 5 aromatic rings. The third-order valence-electron chi connectivity index (χ3n) is 5.98. The Kier molecular flexibility index (Phi) is 5.22. The van der Waals surface area contributed by atoms with Gasteiger partial charge in [0.2, 0.25) is 0 Å². The number of aromatic nitrogens is 1. The van der Waals surface area contributed by atoms with Gasteiger partial charge >= 0.3 is 0 Å². The second-order valence-corrected chi connectivity index (χ2v) is 8.15. The lowest BCUT2D eigenvalue weighted by Crippen LogP contribution is -2.30. The molecule has 1 aromatic heterocycles. The Balaban J connectivity index is 1.80. The quantitative estimate of drug-likeness (QED) is 0.321. The van der Waals surface area contributed by atoms with Crippen molar-refractivity contribution in [2.75, 3.05) is 0 Å². The first-order chi connectivity index (χ1) is 15.7. The van der Waals surface area contributed by atoms with Crippen molar-refractivity contribution in [3.63, 3.8) is 0 Å². The van der Waals surface area contributed by atoms with Crippen LogP contribution in [0.1, 0.15) is 33.5 Å². The third kappa shape index (κ3) is 3.55. The predicted molar refractivity (Wildman–Crippen MR) is 133 cm³/mol. The molecule has 2 N–H and O–H groups in total. The maximum Gasteiger partial charge on any atom is 0.155 e. The summed E-state index contributed by atoms with van der Waals surface area (Å²) >= 11 is 0. The smallest absolute Gasteiger partial charge is 0.155 e. The first-order valence-electron chi connectivity index (χ1n) is 10.9. The van der Waals surface area contributed by atoms with E-state index in [1.165, 1.54) is 5.56 Å². The Morgan fingerprint density at radius 1 is 0.688 bits per heavy atom. The van der Waals surface area contributed by atoms with Crippen molar-refractivity contribution in [2.45, 2.75) is 12.5 Å². The van der Waals surface area contributed by atoms with Crippen LogP contribution in [0.15, 0.2) is 109 Å². The minimum absolute atomic E-state index is 0.766. The Hall–Kier alpha value is -3.88. The van der Waals surface area contributed by atoms with Crippen molar-refractivity contribution >= 4 is 23.1 Å². The zero-order chi connectivity index (χ0) is 22.0. The molecule has 0 radical (unpaired) electrons. The normalized spacial score (nSPS) is 11.9. The highest BCUT2D eigenvalue weighted by molar-refractivity contribution is 5.94. The van der Waals surface area contributed by atoms with Gasteiger partial charge in [0.1, 0.15) is 0 Å². The number of benzene rings is 4. The summed E-state index contributed by atoms with van der Waals surface area (Å²) in [7, 11) is 0. The fraction of sp³-hybridized carbons (Fsp3) is 0.0667. The number of hydrogen-bond acceptors (Lipinski definition) is 1. The minimum Gasteiger partial charge on any atom is -0.375 e. The fourth-order valence-corrected chi connectivity index (χ4v) is 4.34. The number of nitrogens with one attached hydrogen (secondary N) is 1. The third-order valence-corrected chi connectivity index (χ3v) is 5.98. The molecule has 5 rings (SSSR count). The number of aromatic amines is 1. The number of aliphatic hydroxyl groups is 1. The van der Waals surface area contributed by atoms with Crippen LogP contribution in [-0.2, 0) is 5.60 Å². The number of fused-ring (bicyclic) bond motifs is 1. The van der Waals surface area contributed by atoms with E-state index in [2.05, 4.69) is 54.4 Å². The van der Waals surface area contributed by atoms with Gasteiger partial charge in [-0.1, -0.05) is 115 Å². The van der Waals surface area contributed by atoms with Gasteiger partial charge in [-0.15, -0.1) is 0 Å². The maximum atomic E-state index is 12.4. The molecule has 2 heteroatoms. The standard InChI is InChI=1S/C30H25NO/c1-22-17-20-28-27(21-22)26(19-18-23-11-5-2-6-12-23)29(31-28)30(32,24-13-7-3-8-14-24)25-15-9-4-10-16-25/h2-21,31-32H,1H3. The van der Waals surface area contributed by atoms with E-state index in [1.807, 2.05) is 78.9 Å². The zero-order valence-corrected chi connectivity index (χ0v) is 18.0. The van der Waals surface area contributed by atoms with E-state index in [1.54, 1.807) is 0 Å². The van der Waals surface area contributed by atoms with Crippen LogP contribution >= 0.6 is 0 Å². The molecule has 0 atom stereocenters. The van der Waals surface area contributed by atoms with Crippen molar-refractivity contribution in [1.82, 2.24) is 4.98 Å². The summed E-state index contributed by atoms with van der Waals surface area (Å²) in [5.74, 6) is 0. The van der Waals surface area contributed by atoms with Gasteiger partial charge < -0.3 is 10.1 Å². The van der Waals surface area contributed by atoms with Crippen LogP contribution in [0.3, 0.4) is 0 Å². The molecule has 0 bridgehead atoms. The average molecular weight is 416 g/mol. The van der Waals surface area contributed by atoms with Crippen molar-refractivity contribution in [3.8, 4) is 0 Å². The first-order valence-corrected chi connectivity index (χ1v) is 10.9. The van der Waals surface area contributed by atoms with E-state index >= 15 is 0 Å². The van der Waals surface area contributed by atoms with Gasteiger partial charge in [0.05, 0.1) is 5.69 Å². The van der Waals surface area contributed by atoms with Gasteiger partial charge in [-0.05, 0) is 35.7 Å². The second-order valence-electron chi connectivity index (χ2n) is 8.15. The number of aryl methyl sites for hydroxylation is 1. The molecule has 0 spiro atoms. The lowest BCUT2D eigenvalue weighted by Gasteiger charge is -2.29. The van der Waals surface area contributed by atoms with Crippen molar-refractivity contribution in [1.29, 1.82) is 0 Å². The van der Waals surface area contributed by atoms with Crippen LogP contribution in [-0.4, -0.2) is 10.1 Å². The molecule has 0 saturated heterocycles. The van der Waals surface area contributed by atoms with Gasteiger partial charge in [-0.3, -0.25) is 0 Å². The largest absolute Gasteiger partial charge is 0.375 e. The Labute approximate surface area is 188 Å². The zero-order valence-electron chi connectivity index (χ0n) is 18.0. The van der Waals surface area contributed by atoms with E-state index < -0.39 is 5.60 Å². The molecule has 2 nitrogen and oxygen atoms in total. The SMILES string of the molecule is Cc1ccc2[nH]c(C(O)(c3ccccc3)c3ccccc3)c(C=Cc3ccccc3)c2c1. The maximum absolute atomic E-state index is 12.4. The number of rotatable bonds is 5. The lowest BCUT2D eigenvalue weighted by atomic mass is 9.81. The predicted octanol–water partition coefficient (Wildman–Crippen LogP) is 6.93. The summed E-state index contributed by atoms with van der Waals surface area (Å²) in [4.78, 5) is 3.56. The summed E-state index contributed by atoms with van der Waals surface area (Å²) in [6.07, 6.45) is 4.21. The minimum atomic E-state index is -1.33. The number of hydrogen-bond donors (Lipinski definition) is 2. The second kappa shape index (κ2) is 8.33. The summed E-state index contributed by atoms with van der Waals surface area (Å²) in [6, 6.07) is 36.3. The van der Waals surface area contributed by atoms with E-state index in [4.69, 9.17) is 0 Å². The number of H-pyrrole nitrogens is 1. The molecule has 4 aromatic carbocycles. The van der Waals surface area contributed by atoms with Crippen LogP contribution in [0.25, 0.3) is 23.1 Å². The molecular weight excluding hydrogens is 390 g/mol. The fourth-order valence-electron chi connectivity index (χ4n) is 4.34. The summed E-state index contributed by atoms with van der Waals surface area (Å²) < 4.78 is 0. The molecule has 0 saturated carbocycles. The van der Waals surface area contributed by atoms with E-state index in [-0.39, 0.29) is 0 Å². The highest BCUT2D eigenvalue weighted by Crippen LogP contribution is 2.41. The summed E-state index contributed by atoms with van der Waals surface area (Å²) in [5, 5.41) is 13.5. The molecule has 1 heterocycles. The highest BCUT2D eigenvalue weighted by atomic mass is 16.3. The lowest BCUT2D eigenvalue weighted by molar-refractivity contribution is 0.121. The molecular formula is C30H25NO. The van der Waals surface area contributed by atoms with Crippen LogP contribution < -0.4 is 0 Å². The van der Waals surface area contributed by atoms with E-state index in [9.17, 15) is 5.11 Å². The van der Waals surface area contributed by atoms with Crippen LogP contribution in [0.4, 0.5) is 0 Å². The molecule has 0 aliphatic rings. The van der Waals surface area contributed by atoms with Crippen LogP contribution in [0.2, 0.25) is 0 Å². The van der Waals surface area contributed by atoms with Gasteiger partial charge in [-0.2, -0.15) is 0 Å². The van der Waals surface area contributed by atoms with Gasteiger partial charge in [0.25, 0.3) is 0 Å². The van der Waals surface area contributed by atoms with Gasteiger partial charge in [-0.25, -0.2) is 0 Å². The molecule has 0 fully saturated rings. The van der Waals surface area contributed by atoms with E-state index in [0.29, 0.717) is 0 Å². The molecule has 0 aliphatic carbocycles. The molecule has 0 aliphatic heterocycles. The molecule has 32 heavy (non-hydrogen) atoms. The van der Waals surface area contributed by atoms with Gasteiger partial charge in [0.15, 0.2) is 5.60 Å². The average Bonchev–Trinajstić information content (AvgIpc) is 3.22. The van der Waals surface area contributed by atoms with Crippen LogP contribution in [0.5, 0.6) is 0 Å². The van der Waals surface area contributed by atoms with Gasteiger partial charge in [0, 0.05) is 16.5 Å². The Bertz CT molecular complexity index is 1330. The summed E-state index contributed by atoms with van der Waals surface area (Å²) in [5.41, 5.74) is 5.37. The monoisotopic (exact) mass is 415 g/mol. The van der Waals surface area contributed by atoms with Crippen molar-refractivity contribution in [2.24, 2.45) is 0 Å².